The van der Waals surface area contributed by atoms with Gasteiger partial charge in [0.25, 0.3) is 0 Å². The Bertz CT molecular complexity index is 1210. The Hall–Kier alpha value is -3.69. The lowest BCUT2D eigenvalue weighted by molar-refractivity contribution is -0.137. The van der Waals surface area contributed by atoms with Crippen LogP contribution in [0.4, 0.5) is 18.0 Å². The monoisotopic (exact) mass is 499 g/mol. The molecule has 0 spiro atoms. The Morgan fingerprint density at radius 1 is 1.00 bits per heavy atom. The number of hydrogen-bond donors (Lipinski definition) is 3. The van der Waals surface area contributed by atoms with Crippen LogP contribution in [0.1, 0.15) is 51.1 Å². The molecule has 3 aromatic carbocycles. The molecule has 0 heterocycles. The van der Waals surface area contributed by atoms with Crippen molar-refractivity contribution in [3.63, 3.8) is 0 Å². The average Bonchev–Trinajstić information content (AvgIpc) is 3.19. The van der Waals surface area contributed by atoms with Gasteiger partial charge in [-0.25, -0.2) is 4.79 Å². The quantitative estimate of drug-likeness (QED) is 0.386. The number of carbonyl (C=O) groups excluding carboxylic acids is 2. The second kappa shape index (κ2) is 10.5. The van der Waals surface area contributed by atoms with Crippen LogP contribution in [0, 0.1) is 0 Å². The van der Waals surface area contributed by atoms with Gasteiger partial charge < -0.3 is 20.3 Å². The van der Waals surface area contributed by atoms with Gasteiger partial charge in [0.05, 0.1) is 11.7 Å². The number of carbonyl (C=O) groups is 2. The number of benzene rings is 3. The molecule has 1 amide bonds. The molecule has 36 heavy (non-hydrogen) atoms. The number of nitrogens with one attached hydrogen (secondary N) is 1. The van der Waals surface area contributed by atoms with Crippen LogP contribution in [0.15, 0.2) is 66.7 Å². The Labute approximate surface area is 205 Å². The van der Waals surface area contributed by atoms with Crippen molar-refractivity contribution in [1.29, 1.82) is 0 Å². The third-order valence-electron chi connectivity index (χ3n) is 6.28. The number of alkyl carbamates (subject to hydrolysis) is 1. The predicted molar refractivity (Wildman–Crippen MR) is 125 cm³/mol. The van der Waals surface area contributed by atoms with E-state index < -0.39 is 30.0 Å². The summed E-state index contributed by atoms with van der Waals surface area (Å²) in [5.41, 5.74) is 2.77. The zero-order valence-electron chi connectivity index (χ0n) is 19.0. The van der Waals surface area contributed by atoms with Crippen LogP contribution in [0.2, 0.25) is 0 Å². The summed E-state index contributed by atoms with van der Waals surface area (Å²) in [6.45, 7) is 0.0469. The number of alkyl halides is 3. The van der Waals surface area contributed by atoms with Crippen LogP contribution in [0.3, 0.4) is 0 Å². The van der Waals surface area contributed by atoms with E-state index in [9.17, 15) is 33.0 Å². The van der Waals surface area contributed by atoms with Crippen LogP contribution in [0.5, 0.6) is 0 Å². The van der Waals surface area contributed by atoms with Crippen molar-refractivity contribution < 1.29 is 37.7 Å². The zero-order chi connectivity index (χ0) is 25.9. The standard InChI is InChI=1S/C27H24F3NO5/c28-27(29,30)17-9-10-18(16(13-17)14-32)25(34)24(33)11-12-31-26(35)36-15-23-21-7-3-1-5-19(21)20-6-2-4-8-22(20)23/h1-10,13-14,23-25,33-34H,11-12,15H2,(H,31,35). The van der Waals surface area contributed by atoms with E-state index in [-0.39, 0.29) is 42.9 Å². The van der Waals surface area contributed by atoms with Gasteiger partial charge in [-0.2, -0.15) is 13.2 Å². The summed E-state index contributed by atoms with van der Waals surface area (Å²) in [5.74, 6) is -0.114. The third-order valence-corrected chi connectivity index (χ3v) is 6.28. The third kappa shape index (κ3) is 5.27. The molecule has 1 aliphatic rings. The highest BCUT2D eigenvalue weighted by Gasteiger charge is 2.32. The van der Waals surface area contributed by atoms with Gasteiger partial charge in [-0.1, -0.05) is 54.6 Å². The van der Waals surface area contributed by atoms with E-state index >= 15 is 0 Å². The van der Waals surface area contributed by atoms with Crippen molar-refractivity contribution in [2.45, 2.75) is 30.7 Å². The highest BCUT2D eigenvalue weighted by molar-refractivity contribution is 5.79. The molecule has 0 aliphatic heterocycles. The molecule has 3 N–H and O–H groups in total. The molecule has 0 fully saturated rings. The fourth-order valence-electron chi connectivity index (χ4n) is 4.46. The molecule has 0 radical (unpaired) electrons. The molecule has 2 unspecified atom stereocenters. The number of ether oxygens (including phenoxy) is 1. The van der Waals surface area contributed by atoms with E-state index in [1.165, 1.54) is 0 Å². The van der Waals surface area contributed by atoms with Crippen molar-refractivity contribution in [2.24, 2.45) is 0 Å². The van der Waals surface area contributed by atoms with E-state index in [1.807, 2.05) is 48.5 Å². The molecule has 188 valence electrons. The van der Waals surface area contributed by atoms with Crippen LogP contribution in [0.25, 0.3) is 11.1 Å². The van der Waals surface area contributed by atoms with E-state index in [1.54, 1.807) is 0 Å². The molecule has 4 rings (SSSR count). The van der Waals surface area contributed by atoms with Crippen LogP contribution in [-0.4, -0.2) is 41.8 Å². The number of amides is 1. The van der Waals surface area contributed by atoms with Crippen LogP contribution in [-0.2, 0) is 10.9 Å². The molecule has 3 aromatic rings. The lowest BCUT2D eigenvalue weighted by atomic mass is 9.95. The van der Waals surface area contributed by atoms with Crippen molar-refractivity contribution in [2.75, 3.05) is 13.2 Å². The minimum Gasteiger partial charge on any atom is -0.449 e. The number of aliphatic hydroxyl groups excluding tert-OH is 2. The summed E-state index contributed by atoms with van der Waals surface area (Å²) >= 11 is 0. The summed E-state index contributed by atoms with van der Waals surface area (Å²) in [7, 11) is 0. The normalized spacial score (nSPS) is 14.5. The molecule has 2 atom stereocenters. The number of fused-ring (bicyclic) bond motifs is 3. The largest absolute Gasteiger partial charge is 0.449 e. The SMILES string of the molecule is O=Cc1cc(C(F)(F)F)ccc1C(O)C(O)CCNC(=O)OCC1c2ccccc2-c2ccccc21. The lowest BCUT2D eigenvalue weighted by Gasteiger charge is -2.20. The average molecular weight is 499 g/mol. The maximum atomic E-state index is 12.9. The van der Waals surface area contributed by atoms with E-state index in [2.05, 4.69) is 5.32 Å². The van der Waals surface area contributed by atoms with Gasteiger partial charge in [-0.15, -0.1) is 0 Å². The van der Waals surface area contributed by atoms with Crippen LogP contribution < -0.4 is 5.32 Å². The Morgan fingerprint density at radius 2 is 1.61 bits per heavy atom. The second-order valence-corrected chi connectivity index (χ2v) is 8.51. The first kappa shape index (κ1) is 25.4. The predicted octanol–water partition coefficient (Wildman–Crippen LogP) is 4.84. The summed E-state index contributed by atoms with van der Waals surface area (Å²) in [6, 6.07) is 18.1. The highest BCUT2D eigenvalue weighted by Crippen LogP contribution is 2.44. The molecule has 9 heteroatoms. The molecule has 6 nitrogen and oxygen atoms in total. The first-order valence-corrected chi connectivity index (χ1v) is 11.3. The number of aliphatic hydroxyl groups is 2. The van der Waals surface area contributed by atoms with Crippen molar-refractivity contribution >= 4 is 12.4 Å². The molecule has 1 aliphatic carbocycles. The molecule has 0 saturated carbocycles. The Kier molecular flexibility index (Phi) is 7.42. The summed E-state index contributed by atoms with van der Waals surface area (Å²) in [4.78, 5) is 23.5. The molecule has 0 bridgehead atoms. The minimum absolute atomic E-state index is 0.0635. The van der Waals surface area contributed by atoms with Gasteiger partial charge in [0.2, 0.25) is 0 Å². The molecular weight excluding hydrogens is 475 g/mol. The smallest absolute Gasteiger partial charge is 0.416 e. The number of hydrogen-bond acceptors (Lipinski definition) is 5. The Morgan fingerprint density at radius 3 is 2.19 bits per heavy atom. The van der Waals surface area contributed by atoms with Gasteiger partial charge in [-0.3, -0.25) is 4.79 Å². The zero-order valence-corrected chi connectivity index (χ0v) is 19.0. The van der Waals surface area contributed by atoms with Crippen molar-refractivity contribution in [3.8, 4) is 11.1 Å². The molecular formula is C27H24F3NO5. The minimum atomic E-state index is -4.65. The van der Waals surface area contributed by atoms with Gasteiger partial charge in [0.1, 0.15) is 19.0 Å². The Balaban J connectivity index is 1.30. The first-order valence-electron chi connectivity index (χ1n) is 11.3. The van der Waals surface area contributed by atoms with E-state index in [4.69, 9.17) is 4.74 Å². The summed E-state index contributed by atoms with van der Waals surface area (Å²) in [5, 5.41) is 23.1. The second-order valence-electron chi connectivity index (χ2n) is 8.51. The summed E-state index contributed by atoms with van der Waals surface area (Å²) < 4.78 is 44.0. The summed E-state index contributed by atoms with van der Waals surface area (Å²) in [6.07, 6.45) is -8.33. The molecule has 0 aromatic heterocycles. The number of aldehydes is 1. The fourth-order valence-corrected chi connectivity index (χ4v) is 4.46. The van der Waals surface area contributed by atoms with Crippen molar-refractivity contribution in [1.82, 2.24) is 5.32 Å². The number of rotatable bonds is 8. The first-order chi connectivity index (χ1) is 17.2. The topological polar surface area (TPSA) is 95.9 Å². The number of halogens is 3. The van der Waals surface area contributed by atoms with Crippen LogP contribution >= 0.6 is 0 Å². The lowest BCUT2D eigenvalue weighted by Crippen LogP contribution is -2.31. The van der Waals surface area contributed by atoms with E-state index in [0.29, 0.717) is 6.07 Å². The maximum absolute atomic E-state index is 12.9. The van der Waals surface area contributed by atoms with Gasteiger partial charge >= 0.3 is 12.3 Å². The van der Waals surface area contributed by atoms with Gasteiger partial charge in [-0.05, 0) is 46.4 Å². The highest BCUT2D eigenvalue weighted by atomic mass is 19.4. The fraction of sp³-hybridized carbons (Fsp3) is 0.259. The molecule has 0 saturated heterocycles. The van der Waals surface area contributed by atoms with Crippen molar-refractivity contribution in [3.05, 3.63) is 94.5 Å². The van der Waals surface area contributed by atoms with E-state index in [0.717, 1.165) is 34.4 Å². The van der Waals surface area contributed by atoms with Gasteiger partial charge in [0, 0.05) is 18.0 Å². The maximum Gasteiger partial charge on any atom is 0.416 e. The van der Waals surface area contributed by atoms with Gasteiger partial charge in [0.15, 0.2) is 0 Å².